The van der Waals surface area contributed by atoms with Crippen LogP contribution >= 0.6 is 0 Å². The molecular formula is C25H37NO4Si. The normalized spacial score (nSPS) is 14.0. The molecule has 31 heavy (non-hydrogen) atoms. The van der Waals surface area contributed by atoms with E-state index in [1.54, 1.807) is 7.11 Å². The van der Waals surface area contributed by atoms with Crippen LogP contribution in [0.15, 0.2) is 54.6 Å². The molecule has 0 spiro atoms. The molecule has 0 aromatic heterocycles. The SMILES string of the molecule is COc1ccc(NC(=O)[C@@H](COCc2ccccc2)[C@@H](C)O[Si](C)(C)C(C)(C)C)cc1. The van der Waals surface area contributed by atoms with Crippen molar-refractivity contribution in [1.82, 2.24) is 0 Å². The second-order valence-corrected chi connectivity index (χ2v) is 14.2. The molecule has 170 valence electrons. The molecule has 2 aromatic rings. The molecular weight excluding hydrogens is 406 g/mol. The van der Waals surface area contributed by atoms with E-state index in [2.05, 4.69) is 39.2 Å². The van der Waals surface area contributed by atoms with E-state index in [1.165, 1.54) is 0 Å². The highest BCUT2D eigenvalue weighted by molar-refractivity contribution is 6.74. The molecule has 0 radical (unpaired) electrons. The van der Waals surface area contributed by atoms with Crippen molar-refractivity contribution in [1.29, 1.82) is 0 Å². The first-order valence-electron chi connectivity index (χ1n) is 10.8. The summed E-state index contributed by atoms with van der Waals surface area (Å²) in [5, 5.41) is 3.07. The number of carbonyl (C=O) groups excluding carboxylic acids is 1. The summed E-state index contributed by atoms with van der Waals surface area (Å²) in [6.07, 6.45) is -0.269. The summed E-state index contributed by atoms with van der Waals surface area (Å²) in [6.45, 7) is 13.7. The molecule has 0 aliphatic heterocycles. The molecule has 0 aliphatic carbocycles. The molecule has 2 aromatic carbocycles. The Morgan fingerprint density at radius 3 is 2.19 bits per heavy atom. The lowest BCUT2D eigenvalue weighted by atomic mass is 10.0. The molecule has 1 N–H and O–H groups in total. The fourth-order valence-corrected chi connectivity index (χ4v) is 4.38. The third kappa shape index (κ3) is 7.49. The Hall–Kier alpha value is -2.15. The average Bonchev–Trinajstić information content (AvgIpc) is 2.71. The van der Waals surface area contributed by atoms with E-state index in [4.69, 9.17) is 13.9 Å². The minimum atomic E-state index is -2.04. The molecule has 0 heterocycles. The van der Waals surface area contributed by atoms with E-state index in [0.29, 0.717) is 6.61 Å². The predicted molar refractivity (Wildman–Crippen MR) is 129 cm³/mol. The van der Waals surface area contributed by atoms with Gasteiger partial charge in [-0.2, -0.15) is 0 Å². The molecule has 1 amide bonds. The highest BCUT2D eigenvalue weighted by Gasteiger charge is 2.40. The Labute approximate surface area is 188 Å². The Morgan fingerprint density at radius 1 is 1.03 bits per heavy atom. The first-order valence-corrected chi connectivity index (χ1v) is 13.7. The summed E-state index contributed by atoms with van der Waals surface area (Å²) in [6, 6.07) is 17.3. The van der Waals surface area contributed by atoms with Crippen molar-refractivity contribution in [3.63, 3.8) is 0 Å². The number of rotatable bonds is 10. The molecule has 2 rings (SSSR count). The van der Waals surface area contributed by atoms with Crippen molar-refractivity contribution in [3.8, 4) is 5.75 Å². The molecule has 6 heteroatoms. The molecule has 5 nitrogen and oxygen atoms in total. The molecule has 2 atom stereocenters. The minimum Gasteiger partial charge on any atom is -0.497 e. The van der Waals surface area contributed by atoms with Gasteiger partial charge in [0.2, 0.25) is 5.91 Å². The van der Waals surface area contributed by atoms with Gasteiger partial charge in [-0.05, 0) is 54.9 Å². The Morgan fingerprint density at radius 2 is 1.65 bits per heavy atom. The van der Waals surface area contributed by atoms with Crippen molar-refractivity contribution in [3.05, 3.63) is 60.2 Å². The van der Waals surface area contributed by atoms with Gasteiger partial charge in [-0.3, -0.25) is 4.79 Å². The number of benzene rings is 2. The van der Waals surface area contributed by atoms with E-state index in [0.717, 1.165) is 17.0 Å². The van der Waals surface area contributed by atoms with E-state index in [9.17, 15) is 4.79 Å². The monoisotopic (exact) mass is 443 g/mol. The third-order valence-corrected chi connectivity index (χ3v) is 10.5. The number of carbonyl (C=O) groups is 1. The zero-order valence-corrected chi connectivity index (χ0v) is 20.9. The van der Waals surface area contributed by atoms with Gasteiger partial charge in [-0.1, -0.05) is 51.1 Å². The zero-order valence-electron chi connectivity index (χ0n) is 19.9. The fourth-order valence-electron chi connectivity index (χ4n) is 2.94. The number of nitrogens with one attached hydrogen (secondary N) is 1. The minimum absolute atomic E-state index is 0.0587. The molecule has 0 fully saturated rings. The largest absolute Gasteiger partial charge is 0.497 e. The molecule has 0 saturated carbocycles. The topological polar surface area (TPSA) is 56.8 Å². The second-order valence-electron chi connectivity index (χ2n) is 9.41. The van der Waals surface area contributed by atoms with Crippen molar-refractivity contribution in [2.75, 3.05) is 19.0 Å². The van der Waals surface area contributed by atoms with E-state index >= 15 is 0 Å². The van der Waals surface area contributed by atoms with E-state index < -0.39 is 14.2 Å². The van der Waals surface area contributed by atoms with Crippen LogP contribution in [0.3, 0.4) is 0 Å². The smallest absolute Gasteiger partial charge is 0.232 e. The average molecular weight is 444 g/mol. The number of hydrogen-bond acceptors (Lipinski definition) is 4. The van der Waals surface area contributed by atoms with Gasteiger partial charge in [0.25, 0.3) is 0 Å². The van der Waals surface area contributed by atoms with Gasteiger partial charge >= 0.3 is 0 Å². The van der Waals surface area contributed by atoms with Gasteiger partial charge in [-0.15, -0.1) is 0 Å². The standard InChI is InChI=1S/C25H37NO4Si/c1-19(30-31(6,7)25(2,3)4)23(18-29-17-20-11-9-8-10-12-20)24(27)26-21-13-15-22(28-5)16-14-21/h8-16,19,23H,17-18H2,1-7H3,(H,26,27)/t19-,23+/m1/s1. The van der Waals surface area contributed by atoms with E-state index in [-0.39, 0.29) is 23.7 Å². The Balaban J connectivity index is 2.11. The number of hydrogen-bond donors (Lipinski definition) is 1. The molecule has 0 bridgehead atoms. The maximum Gasteiger partial charge on any atom is 0.232 e. The van der Waals surface area contributed by atoms with Crippen molar-refractivity contribution >= 4 is 19.9 Å². The van der Waals surface area contributed by atoms with Crippen LogP contribution in [0.5, 0.6) is 5.75 Å². The third-order valence-electron chi connectivity index (χ3n) is 5.96. The molecule has 0 saturated heterocycles. The van der Waals surface area contributed by atoms with Crippen LogP contribution in [0.25, 0.3) is 0 Å². The van der Waals surface area contributed by atoms with Gasteiger partial charge in [0.05, 0.1) is 32.3 Å². The van der Waals surface area contributed by atoms with Crippen LogP contribution in [0.4, 0.5) is 5.69 Å². The maximum atomic E-state index is 13.2. The number of anilines is 1. The summed E-state index contributed by atoms with van der Waals surface area (Å²) in [7, 11) is -0.418. The fraction of sp³-hybridized carbons (Fsp3) is 0.480. The van der Waals surface area contributed by atoms with Crippen LogP contribution in [0.2, 0.25) is 18.1 Å². The Kier molecular flexibility index (Phi) is 8.86. The number of methoxy groups -OCH3 is 1. The summed E-state index contributed by atoms with van der Waals surface area (Å²) >= 11 is 0. The first-order chi connectivity index (χ1) is 14.5. The van der Waals surface area contributed by atoms with Crippen molar-refractivity contribution < 1.29 is 18.7 Å². The molecule has 0 unspecified atom stereocenters. The van der Waals surface area contributed by atoms with Gasteiger partial charge in [0, 0.05) is 5.69 Å². The van der Waals surface area contributed by atoms with Crippen LogP contribution in [-0.2, 0) is 20.6 Å². The van der Waals surface area contributed by atoms with Crippen LogP contribution in [0.1, 0.15) is 33.3 Å². The quantitative estimate of drug-likeness (QED) is 0.466. The Bertz CT molecular complexity index is 816. The van der Waals surface area contributed by atoms with Gasteiger partial charge in [0.15, 0.2) is 8.32 Å². The highest BCUT2D eigenvalue weighted by Crippen LogP contribution is 2.38. The summed E-state index contributed by atoms with van der Waals surface area (Å²) in [5.41, 5.74) is 1.80. The summed E-state index contributed by atoms with van der Waals surface area (Å²) in [4.78, 5) is 13.2. The maximum absolute atomic E-state index is 13.2. The first kappa shape index (κ1) is 25.1. The number of ether oxygens (including phenoxy) is 2. The van der Waals surface area contributed by atoms with Gasteiger partial charge < -0.3 is 19.2 Å². The lowest BCUT2D eigenvalue weighted by molar-refractivity contribution is -0.125. The lowest BCUT2D eigenvalue weighted by Gasteiger charge is -2.40. The van der Waals surface area contributed by atoms with Crippen LogP contribution in [-0.4, -0.2) is 34.0 Å². The molecule has 0 aliphatic rings. The second kappa shape index (κ2) is 10.9. The van der Waals surface area contributed by atoms with Crippen LogP contribution < -0.4 is 10.1 Å². The van der Waals surface area contributed by atoms with E-state index in [1.807, 2.05) is 61.5 Å². The highest BCUT2D eigenvalue weighted by atomic mass is 28.4. The summed E-state index contributed by atoms with van der Waals surface area (Å²) < 4.78 is 17.7. The number of amides is 1. The van der Waals surface area contributed by atoms with Gasteiger partial charge in [-0.25, -0.2) is 0 Å². The van der Waals surface area contributed by atoms with Crippen LogP contribution in [0, 0.1) is 5.92 Å². The van der Waals surface area contributed by atoms with Crippen molar-refractivity contribution in [2.45, 2.75) is 58.5 Å². The lowest BCUT2D eigenvalue weighted by Crippen LogP contribution is -2.47. The van der Waals surface area contributed by atoms with Crippen molar-refractivity contribution in [2.24, 2.45) is 5.92 Å². The predicted octanol–water partition coefficient (Wildman–Crippen LogP) is 5.88. The summed E-state index contributed by atoms with van der Waals surface area (Å²) in [5.74, 6) is 0.208. The van der Waals surface area contributed by atoms with Gasteiger partial charge in [0.1, 0.15) is 5.75 Å². The zero-order chi connectivity index (χ0) is 23.1.